The van der Waals surface area contributed by atoms with E-state index < -0.39 is 0 Å². The fraction of sp³-hybridized carbons (Fsp3) is 0.833. The predicted octanol–water partition coefficient (Wildman–Crippen LogP) is -0.667. The van der Waals surface area contributed by atoms with Crippen molar-refractivity contribution in [1.29, 1.82) is 0 Å². The van der Waals surface area contributed by atoms with Crippen molar-refractivity contribution in [3.8, 4) is 0 Å². The number of hydrogen-bond acceptors (Lipinski definition) is 7. The second kappa shape index (κ2) is 4.45. The van der Waals surface area contributed by atoms with Gasteiger partial charge in [0.05, 0.1) is 12.7 Å². The average molecular weight is 201 g/mol. The molecule has 7 heteroatoms. The molecule has 13 heavy (non-hydrogen) atoms. The van der Waals surface area contributed by atoms with Gasteiger partial charge in [0.2, 0.25) is 5.13 Å². The summed E-state index contributed by atoms with van der Waals surface area (Å²) in [5, 5.41) is 14.4. The molecule has 1 aliphatic rings. The Labute approximate surface area is 79.8 Å². The van der Waals surface area contributed by atoms with Crippen molar-refractivity contribution in [1.82, 2.24) is 20.1 Å². The van der Waals surface area contributed by atoms with Gasteiger partial charge in [-0.05, 0) is 5.21 Å². The maximum atomic E-state index is 5.49. The minimum absolute atomic E-state index is 0.220. The Morgan fingerprint density at radius 1 is 1.69 bits per heavy atom. The van der Waals surface area contributed by atoms with Crippen molar-refractivity contribution < 1.29 is 4.74 Å². The van der Waals surface area contributed by atoms with Crippen LogP contribution in [-0.4, -0.2) is 47.1 Å². The van der Waals surface area contributed by atoms with Crippen molar-refractivity contribution in [2.45, 2.75) is 6.10 Å². The fourth-order valence-electron chi connectivity index (χ4n) is 1.15. The van der Waals surface area contributed by atoms with E-state index in [4.69, 9.17) is 4.74 Å². The van der Waals surface area contributed by atoms with Gasteiger partial charge in [-0.1, -0.05) is 9.59 Å². The molecular formula is C6H11N5OS. The summed E-state index contributed by atoms with van der Waals surface area (Å²) in [6.45, 7) is 3.36. The van der Waals surface area contributed by atoms with E-state index in [0.717, 1.165) is 31.4 Å². The molecular weight excluding hydrogens is 190 g/mol. The van der Waals surface area contributed by atoms with Crippen LogP contribution in [0.5, 0.6) is 0 Å². The van der Waals surface area contributed by atoms with Gasteiger partial charge >= 0.3 is 0 Å². The zero-order chi connectivity index (χ0) is 8.93. The molecule has 6 nitrogen and oxygen atoms in total. The van der Waals surface area contributed by atoms with Gasteiger partial charge < -0.3 is 15.4 Å². The van der Waals surface area contributed by atoms with Crippen LogP contribution in [-0.2, 0) is 4.74 Å². The number of nitrogens with zero attached hydrogens (tertiary/aromatic N) is 3. The quantitative estimate of drug-likeness (QED) is 0.676. The Morgan fingerprint density at radius 3 is 3.38 bits per heavy atom. The minimum Gasteiger partial charge on any atom is -0.374 e. The summed E-state index contributed by atoms with van der Waals surface area (Å²) in [4.78, 5) is 0. The lowest BCUT2D eigenvalue weighted by atomic mass is 10.3. The van der Waals surface area contributed by atoms with Crippen LogP contribution in [0.15, 0.2) is 0 Å². The molecule has 1 atom stereocenters. The van der Waals surface area contributed by atoms with Crippen molar-refractivity contribution in [2.75, 3.05) is 31.6 Å². The highest BCUT2D eigenvalue weighted by Gasteiger charge is 2.13. The molecule has 1 aromatic rings. The maximum Gasteiger partial charge on any atom is 0.225 e. The van der Waals surface area contributed by atoms with Gasteiger partial charge in [0, 0.05) is 31.2 Å². The number of rotatable bonds is 3. The molecule has 0 radical (unpaired) electrons. The van der Waals surface area contributed by atoms with Gasteiger partial charge in [0.15, 0.2) is 0 Å². The molecule has 1 aromatic heterocycles. The Bertz CT molecular complexity index is 235. The normalized spacial score (nSPS) is 22.9. The van der Waals surface area contributed by atoms with E-state index in [0.29, 0.717) is 0 Å². The number of ether oxygens (including phenoxy) is 1. The van der Waals surface area contributed by atoms with Crippen molar-refractivity contribution >= 4 is 16.7 Å². The van der Waals surface area contributed by atoms with Gasteiger partial charge in [-0.25, -0.2) is 0 Å². The number of morpholine rings is 1. The summed E-state index contributed by atoms with van der Waals surface area (Å²) >= 11 is 1.25. The van der Waals surface area contributed by atoms with E-state index in [9.17, 15) is 0 Å². The van der Waals surface area contributed by atoms with Gasteiger partial charge in [0.1, 0.15) is 0 Å². The number of nitrogens with one attached hydrogen (secondary N) is 2. The Morgan fingerprint density at radius 2 is 2.69 bits per heavy atom. The second-order valence-corrected chi connectivity index (χ2v) is 3.48. The van der Waals surface area contributed by atoms with E-state index >= 15 is 0 Å². The van der Waals surface area contributed by atoms with Crippen molar-refractivity contribution in [3.63, 3.8) is 0 Å². The third-order valence-electron chi connectivity index (χ3n) is 1.78. The third kappa shape index (κ3) is 2.58. The minimum atomic E-state index is 0.220. The molecule has 0 amide bonds. The van der Waals surface area contributed by atoms with Crippen LogP contribution in [0.25, 0.3) is 0 Å². The molecule has 2 rings (SSSR count). The molecule has 1 saturated heterocycles. The highest BCUT2D eigenvalue weighted by atomic mass is 32.1. The molecule has 1 aliphatic heterocycles. The Balaban J connectivity index is 1.72. The van der Waals surface area contributed by atoms with E-state index in [1.54, 1.807) is 0 Å². The fourth-order valence-corrected chi connectivity index (χ4v) is 1.52. The standard InChI is InChI=1S/C6H11N5OS/c1-2-12-5(3-7-1)4-8-6-9-10-11-13-6/h5,7H,1-4H2,(H,8,9,11). The monoisotopic (exact) mass is 201 g/mol. The lowest BCUT2D eigenvalue weighted by Crippen LogP contribution is -2.42. The second-order valence-electron chi connectivity index (χ2n) is 2.75. The van der Waals surface area contributed by atoms with Crippen LogP contribution >= 0.6 is 11.5 Å². The summed E-state index contributed by atoms with van der Waals surface area (Å²) in [5.74, 6) is 0. The lowest BCUT2D eigenvalue weighted by Gasteiger charge is -2.23. The molecule has 72 valence electrons. The van der Waals surface area contributed by atoms with Crippen molar-refractivity contribution in [2.24, 2.45) is 0 Å². The first-order chi connectivity index (χ1) is 6.45. The molecule has 0 aliphatic carbocycles. The molecule has 2 N–H and O–H groups in total. The summed E-state index contributed by atoms with van der Waals surface area (Å²) < 4.78 is 9.13. The molecule has 2 heterocycles. The highest BCUT2D eigenvalue weighted by molar-refractivity contribution is 7.09. The topological polar surface area (TPSA) is 72.0 Å². The van der Waals surface area contributed by atoms with Crippen LogP contribution in [0.3, 0.4) is 0 Å². The first-order valence-corrected chi connectivity index (χ1v) is 4.94. The first-order valence-electron chi connectivity index (χ1n) is 4.16. The summed E-state index contributed by atoms with van der Waals surface area (Å²) in [7, 11) is 0. The van der Waals surface area contributed by atoms with Crippen LogP contribution in [0.4, 0.5) is 5.13 Å². The lowest BCUT2D eigenvalue weighted by molar-refractivity contribution is 0.0372. The molecule has 0 bridgehead atoms. The van der Waals surface area contributed by atoms with Gasteiger partial charge in [-0.3, -0.25) is 0 Å². The van der Waals surface area contributed by atoms with Crippen LogP contribution in [0.2, 0.25) is 0 Å². The summed E-state index contributed by atoms with van der Waals surface area (Å²) in [6.07, 6.45) is 0.220. The number of aromatic nitrogens is 3. The smallest absolute Gasteiger partial charge is 0.225 e. The predicted molar refractivity (Wildman–Crippen MR) is 48.8 cm³/mol. The largest absolute Gasteiger partial charge is 0.374 e. The molecule has 0 saturated carbocycles. The maximum absolute atomic E-state index is 5.49. The Hall–Kier alpha value is -0.790. The Kier molecular flexibility index (Phi) is 3.01. The van der Waals surface area contributed by atoms with E-state index in [2.05, 4.69) is 25.4 Å². The molecule has 1 fully saturated rings. The van der Waals surface area contributed by atoms with E-state index in [1.807, 2.05) is 0 Å². The van der Waals surface area contributed by atoms with Gasteiger partial charge in [-0.2, -0.15) is 0 Å². The average Bonchev–Trinajstić information content (AvgIpc) is 2.69. The summed E-state index contributed by atoms with van der Waals surface area (Å²) in [5.41, 5.74) is 0. The first kappa shape index (κ1) is 8.79. The molecule has 0 aromatic carbocycles. The van der Waals surface area contributed by atoms with E-state index in [1.165, 1.54) is 11.5 Å². The SMILES string of the molecule is C1COC(CNc2nnns2)CN1. The highest BCUT2D eigenvalue weighted by Crippen LogP contribution is 2.05. The summed E-state index contributed by atoms with van der Waals surface area (Å²) in [6, 6.07) is 0. The molecule has 0 spiro atoms. The number of hydrogen-bond donors (Lipinski definition) is 2. The van der Waals surface area contributed by atoms with Gasteiger partial charge in [-0.15, -0.1) is 0 Å². The third-order valence-corrected chi connectivity index (χ3v) is 2.34. The van der Waals surface area contributed by atoms with Crippen LogP contribution in [0, 0.1) is 0 Å². The van der Waals surface area contributed by atoms with Crippen molar-refractivity contribution in [3.05, 3.63) is 0 Å². The van der Waals surface area contributed by atoms with E-state index in [-0.39, 0.29) is 6.10 Å². The zero-order valence-corrected chi connectivity index (χ0v) is 7.88. The van der Waals surface area contributed by atoms with Crippen LogP contribution in [0.1, 0.15) is 0 Å². The van der Waals surface area contributed by atoms with Gasteiger partial charge in [0.25, 0.3) is 0 Å². The van der Waals surface area contributed by atoms with Crippen LogP contribution < -0.4 is 10.6 Å². The molecule has 1 unspecified atom stereocenters. The zero-order valence-electron chi connectivity index (χ0n) is 7.06. The number of anilines is 1.